The first-order chi connectivity index (χ1) is 9.60. The van der Waals surface area contributed by atoms with Crippen molar-refractivity contribution in [2.24, 2.45) is 0 Å². The maximum atomic E-state index is 10.7. The van der Waals surface area contributed by atoms with E-state index in [1.165, 1.54) is 18.2 Å². The molecule has 104 valence electrons. The van der Waals surface area contributed by atoms with Crippen molar-refractivity contribution in [2.45, 2.75) is 6.61 Å². The molecular formula is C14H14N2O4. The van der Waals surface area contributed by atoms with Crippen LogP contribution in [0.4, 0.5) is 11.4 Å². The third-order valence-corrected chi connectivity index (χ3v) is 2.74. The van der Waals surface area contributed by atoms with Crippen molar-refractivity contribution < 1.29 is 14.4 Å². The number of anilines is 1. The van der Waals surface area contributed by atoms with E-state index in [9.17, 15) is 10.1 Å². The predicted molar refractivity (Wildman–Crippen MR) is 74.8 cm³/mol. The van der Waals surface area contributed by atoms with Gasteiger partial charge in [0.2, 0.25) is 0 Å². The van der Waals surface area contributed by atoms with Gasteiger partial charge in [0, 0.05) is 6.07 Å². The second kappa shape index (κ2) is 5.92. The van der Waals surface area contributed by atoms with Crippen LogP contribution in [-0.4, -0.2) is 12.0 Å². The van der Waals surface area contributed by atoms with E-state index in [0.717, 1.165) is 11.3 Å². The number of nitro groups is 1. The Balaban J connectivity index is 2.13. The maximum absolute atomic E-state index is 10.7. The summed E-state index contributed by atoms with van der Waals surface area (Å²) in [5.41, 5.74) is 6.93. The molecule has 0 unspecified atom stereocenters. The minimum absolute atomic E-state index is 0.0557. The summed E-state index contributed by atoms with van der Waals surface area (Å²) in [7, 11) is 1.58. The van der Waals surface area contributed by atoms with E-state index in [1.807, 2.05) is 24.3 Å². The highest BCUT2D eigenvalue weighted by molar-refractivity contribution is 5.57. The van der Waals surface area contributed by atoms with E-state index in [1.54, 1.807) is 7.11 Å². The quantitative estimate of drug-likeness (QED) is 0.514. The van der Waals surface area contributed by atoms with Crippen molar-refractivity contribution in [1.82, 2.24) is 0 Å². The third-order valence-electron chi connectivity index (χ3n) is 2.74. The molecule has 0 amide bonds. The summed E-state index contributed by atoms with van der Waals surface area (Å²) < 4.78 is 10.6. The molecule has 2 aromatic carbocycles. The molecule has 0 saturated carbocycles. The molecule has 0 aliphatic carbocycles. The number of methoxy groups -OCH3 is 1. The largest absolute Gasteiger partial charge is 0.497 e. The Kier molecular flexibility index (Phi) is 4.05. The second-order valence-corrected chi connectivity index (χ2v) is 4.12. The molecule has 0 spiro atoms. The van der Waals surface area contributed by atoms with Crippen LogP contribution >= 0.6 is 0 Å². The lowest BCUT2D eigenvalue weighted by Crippen LogP contribution is -2.00. The zero-order chi connectivity index (χ0) is 14.5. The average Bonchev–Trinajstić information content (AvgIpc) is 2.46. The molecule has 0 aromatic heterocycles. The highest BCUT2D eigenvalue weighted by Crippen LogP contribution is 2.27. The molecular weight excluding hydrogens is 260 g/mol. The van der Waals surface area contributed by atoms with Crippen molar-refractivity contribution >= 4 is 11.4 Å². The lowest BCUT2D eigenvalue weighted by atomic mass is 10.2. The van der Waals surface area contributed by atoms with E-state index >= 15 is 0 Å². The summed E-state index contributed by atoms with van der Waals surface area (Å²) in [6, 6.07) is 11.5. The normalized spacial score (nSPS) is 10.1. The van der Waals surface area contributed by atoms with Gasteiger partial charge in [-0.15, -0.1) is 0 Å². The van der Waals surface area contributed by atoms with Crippen LogP contribution in [0.3, 0.4) is 0 Å². The number of ether oxygens (including phenoxy) is 2. The Morgan fingerprint density at radius 1 is 1.25 bits per heavy atom. The van der Waals surface area contributed by atoms with Crippen LogP contribution in [-0.2, 0) is 6.61 Å². The summed E-state index contributed by atoms with van der Waals surface area (Å²) >= 11 is 0. The highest BCUT2D eigenvalue weighted by atomic mass is 16.6. The van der Waals surface area contributed by atoms with Gasteiger partial charge in [0.1, 0.15) is 18.1 Å². The third kappa shape index (κ3) is 3.17. The van der Waals surface area contributed by atoms with Gasteiger partial charge in [0.25, 0.3) is 5.69 Å². The van der Waals surface area contributed by atoms with Crippen molar-refractivity contribution in [1.29, 1.82) is 0 Å². The van der Waals surface area contributed by atoms with Crippen molar-refractivity contribution in [2.75, 3.05) is 12.8 Å². The Bertz CT molecular complexity index is 628. The lowest BCUT2D eigenvalue weighted by molar-refractivity contribution is -0.384. The van der Waals surface area contributed by atoms with Crippen LogP contribution in [0.15, 0.2) is 42.5 Å². The van der Waals surface area contributed by atoms with E-state index in [0.29, 0.717) is 11.4 Å². The summed E-state index contributed by atoms with van der Waals surface area (Å²) in [5.74, 6) is 1.01. The van der Waals surface area contributed by atoms with Gasteiger partial charge in [-0.25, -0.2) is 0 Å². The lowest BCUT2D eigenvalue weighted by Gasteiger charge is -2.09. The molecule has 6 nitrogen and oxygen atoms in total. The molecule has 0 fully saturated rings. The average molecular weight is 274 g/mol. The monoisotopic (exact) mass is 274 g/mol. The molecule has 0 saturated heterocycles. The Morgan fingerprint density at radius 2 is 2.05 bits per heavy atom. The number of hydrogen-bond acceptors (Lipinski definition) is 5. The first kappa shape index (κ1) is 13.7. The van der Waals surface area contributed by atoms with Gasteiger partial charge in [-0.3, -0.25) is 10.1 Å². The Labute approximate surface area is 115 Å². The highest BCUT2D eigenvalue weighted by Gasteiger charge is 2.10. The number of nitrogens with two attached hydrogens (primary N) is 1. The van der Waals surface area contributed by atoms with Gasteiger partial charge < -0.3 is 15.2 Å². The molecule has 0 heterocycles. The number of hydrogen-bond donors (Lipinski definition) is 1. The van der Waals surface area contributed by atoms with E-state index in [2.05, 4.69) is 0 Å². The Hall–Kier alpha value is -2.76. The predicted octanol–water partition coefficient (Wildman–Crippen LogP) is 2.76. The topological polar surface area (TPSA) is 87.6 Å². The first-order valence-corrected chi connectivity index (χ1v) is 5.90. The van der Waals surface area contributed by atoms with Crippen LogP contribution in [0, 0.1) is 10.1 Å². The van der Waals surface area contributed by atoms with Crippen molar-refractivity contribution in [3.8, 4) is 11.5 Å². The smallest absolute Gasteiger partial charge is 0.273 e. The van der Waals surface area contributed by atoms with Crippen LogP contribution in [0.2, 0.25) is 0 Å². The number of rotatable bonds is 5. The van der Waals surface area contributed by atoms with E-state index in [4.69, 9.17) is 15.2 Å². The zero-order valence-electron chi connectivity index (χ0n) is 10.9. The number of nitro benzene ring substituents is 1. The number of benzene rings is 2. The molecule has 0 atom stereocenters. The van der Waals surface area contributed by atoms with E-state index < -0.39 is 4.92 Å². The van der Waals surface area contributed by atoms with Gasteiger partial charge in [-0.1, -0.05) is 12.1 Å². The maximum Gasteiger partial charge on any atom is 0.273 e. The molecule has 20 heavy (non-hydrogen) atoms. The minimum atomic E-state index is -0.488. The zero-order valence-corrected chi connectivity index (χ0v) is 10.9. The molecule has 6 heteroatoms. The Morgan fingerprint density at radius 3 is 2.75 bits per heavy atom. The second-order valence-electron chi connectivity index (χ2n) is 4.12. The summed E-state index contributed by atoms with van der Waals surface area (Å²) in [6.45, 7) is 0.253. The van der Waals surface area contributed by atoms with Crippen molar-refractivity contribution in [3.05, 3.63) is 58.1 Å². The fourth-order valence-corrected chi connectivity index (χ4v) is 1.68. The molecule has 0 bridgehead atoms. The number of nitrogen functional groups attached to an aromatic ring is 1. The van der Waals surface area contributed by atoms with Gasteiger partial charge in [-0.2, -0.15) is 0 Å². The van der Waals surface area contributed by atoms with Gasteiger partial charge in [0.15, 0.2) is 0 Å². The van der Waals surface area contributed by atoms with Gasteiger partial charge in [0.05, 0.1) is 23.8 Å². The van der Waals surface area contributed by atoms with Crippen molar-refractivity contribution in [3.63, 3.8) is 0 Å². The standard InChI is InChI=1S/C14H14N2O4/c1-19-12-4-2-3-10(7-12)9-20-14-8-11(16(17)18)5-6-13(14)15/h2-8H,9,15H2,1H3. The molecule has 2 aromatic rings. The molecule has 0 aliphatic heterocycles. The number of non-ortho nitro benzene ring substituents is 1. The summed E-state index contributed by atoms with van der Waals surface area (Å²) in [5, 5.41) is 10.7. The molecule has 0 aliphatic rings. The van der Waals surface area contributed by atoms with Crippen LogP contribution in [0.5, 0.6) is 11.5 Å². The van der Waals surface area contributed by atoms with Crippen LogP contribution in [0.25, 0.3) is 0 Å². The summed E-state index contributed by atoms with van der Waals surface area (Å²) in [4.78, 5) is 10.2. The number of nitrogens with zero attached hydrogens (tertiary/aromatic N) is 1. The van der Waals surface area contributed by atoms with E-state index in [-0.39, 0.29) is 12.3 Å². The fraction of sp³-hybridized carbons (Fsp3) is 0.143. The van der Waals surface area contributed by atoms with Crippen LogP contribution in [0.1, 0.15) is 5.56 Å². The molecule has 0 radical (unpaired) electrons. The fourth-order valence-electron chi connectivity index (χ4n) is 1.68. The van der Waals surface area contributed by atoms with Gasteiger partial charge in [-0.05, 0) is 23.8 Å². The van der Waals surface area contributed by atoms with Crippen LogP contribution < -0.4 is 15.2 Å². The SMILES string of the molecule is COc1cccc(COc2cc([N+](=O)[O-])ccc2N)c1. The minimum Gasteiger partial charge on any atom is -0.497 e. The summed E-state index contributed by atoms with van der Waals surface area (Å²) in [6.07, 6.45) is 0. The van der Waals surface area contributed by atoms with Gasteiger partial charge >= 0.3 is 0 Å². The molecule has 2 rings (SSSR count). The molecule has 2 N–H and O–H groups in total. The first-order valence-electron chi connectivity index (χ1n) is 5.90.